The Bertz CT molecular complexity index is 434. The molecule has 0 bridgehead atoms. The van der Waals surface area contributed by atoms with E-state index in [1.807, 2.05) is 31.2 Å². The largest absolute Gasteiger partial charge is 0.325 e. The summed E-state index contributed by atoms with van der Waals surface area (Å²) in [7, 11) is 0. The Labute approximate surface area is 116 Å². The number of carbonyl (C=O) groups is 1. The summed E-state index contributed by atoms with van der Waals surface area (Å²) in [6.45, 7) is 6.96. The molecule has 19 heavy (non-hydrogen) atoms. The van der Waals surface area contributed by atoms with Gasteiger partial charge in [0.2, 0.25) is 5.91 Å². The third-order valence-electron chi connectivity index (χ3n) is 4.00. The molecule has 0 saturated carbocycles. The average molecular weight is 260 g/mol. The highest BCUT2D eigenvalue weighted by atomic mass is 16.2. The van der Waals surface area contributed by atoms with Crippen LogP contribution in [0.4, 0.5) is 5.69 Å². The van der Waals surface area contributed by atoms with Gasteiger partial charge in [0.15, 0.2) is 0 Å². The maximum atomic E-state index is 12.1. The number of aryl methyl sites for hydroxylation is 1. The lowest BCUT2D eigenvalue weighted by molar-refractivity contribution is -0.118. The van der Waals surface area contributed by atoms with Crippen LogP contribution in [0, 0.1) is 6.92 Å². The fraction of sp³-hybridized carbons (Fsp3) is 0.562. The van der Waals surface area contributed by atoms with Crippen molar-refractivity contribution in [3.05, 3.63) is 29.8 Å². The van der Waals surface area contributed by atoms with E-state index in [2.05, 4.69) is 24.1 Å². The molecular weight excluding hydrogens is 236 g/mol. The first-order valence-electron chi connectivity index (χ1n) is 7.18. The number of piperidine rings is 1. The zero-order valence-electron chi connectivity index (χ0n) is 12.1. The van der Waals surface area contributed by atoms with Crippen molar-refractivity contribution in [2.75, 3.05) is 11.9 Å². The molecule has 1 aliphatic heterocycles. The molecular formula is C16H24N2O. The van der Waals surface area contributed by atoms with Crippen LogP contribution >= 0.6 is 0 Å². The lowest BCUT2D eigenvalue weighted by Gasteiger charge is -2.38. The van der Waals surface area contributed by atoms with Crippen LogP contribution < -0.4 is 5.32 Å². The third kappa shape index (κ3) is 3.80. The molecule has 1 aliphatic rings. The summed E-state index contributed by atoms with van der Waals surface area (Å²) >= 11 is 0. The molecule has 1 amide bonds. The molecule has 1 aromatic rings. The molecule has 2 unspecified atom stereocenters. The lowest BCUT2D eigenvalue weighted by Crippen LogP contribution is -2.47. The number of hydrogen-bond acceptors (Lipinski definition) is 2. The van der Waals surface area contributed by atoms with Gasteiger partial charge in [0.25, 0.3) is 0 Å². The highest BCUT2D eigenvalue weighted by molar-refractivity contribution is 5.92. The van der Waals surface area contributed by atoms with Gasteiger partial charge >= 0.3 is 0 Å². The molecule has 0 spiro atoms. The first-order valence-corrected chi connectivity index (χ1v) is 7.18. The van der Waals surface area contributed by atoms with Crippen LogP contribution in [0.25, 0.3) is 0 Å². The molecule has 0 radical (unpaired) electrons. The number of benzene rings is 1. The van der Waals surface area contributed by atoms with E-state index in [0.717, 1.165) is 11.3 Å². The van der Waals surface area contributed by atoms with Crippen LogP contribution in [-0.4, -0.2) is 29.4 Å². The minimum Gasteiger partial charge on any atom is -0.325 e. The van der Waals surface area contributed by atoms with Crippen molar-refractivity contribution in [2.45, 2.75) is 52.1 Å². The van der Waals surface area contributed by atoms with Gasteiger partial charge in [-0.3, -0.25) is 9.69 Å². The minimum absolute atomic E-state index is 0.0891. The molecule has 2 atom stereocenters. The molecule has 1 N–H and O–H groups in total. The third-order valence-corrected chi connectivity index (χ3v) is 4.00. The van der Waals surface area contributed by atoms with E-state index in [1.165, 1.54) is 19.3 Å². The molecule has 2 rings (SSSR count). The van der Waals surface area contributed by atoms with Crippen LogP contribution in [-0.2, 0) is 4.79 Å². The Morgan fingerprint density at radius 3 is 2.63 bits per heavy atom. The summed E-state index contributed by atoms with van der Waals surface area (Å²) in [5, 5.41) is 2.99. The molecule has 1 aromatic carbocycles. The number of likely N-dealkylation sites (tertiary alicyclic amines) is 1. The predicted molar refractivity (Wildman–Crippen MR) is 79.3 cm³/mol. The molecule has 1 heterocycles. The summed E-state index contributed by atoms with van der Waals surface area (Å²) in [4.78, 5) is 14.4. The first-order chi connectivity index (χ1) is 9.06. The van der Waals surface area contributed by atoms with Crippen molar-refractivity contribution < 1.29 is 4.79 Å². The van der Waals surface area contributed by atoms with Crippen molar-refractivity contribution in [1.82, 2.24) is 4.90 Å². The quantitative estimate of drug-likeness (QED) is 0.905. The highest BCUT2D eigenvalue weighted by Gasteiger charge is 2.26. The van der Waals surface area contributed by atoms with E-state index < -0.39 is 0 Å². The summed E-state index contributed by atoms with van der Waals surface area (Å²) in [5.74, 6) is 0.0891. The topological polar surface area (TPSA) is 32.3 Å². The van der Waals surface area contributed by atoms with E-state index >= 15 is 0 Å². The van der Waals surface area contributed by atoms with Gasteiger partial charge in [-0.25, -0.2) is 0 Å². The van der Waals surface area contributed by atoms with E-state index in [-0.39, 0.29) is 5.91 Å². The number of rotatable bonds is 3. The van der Waals surface area contributed by atoms with Gasteiger partial charge in [0.05, 0.1) is 6.54 Å². The zero-order chi connectivity index (χ0) is 13.8. The van der Waals surface area contributed by atoms with Crippen LogP contribution in [0.5, 0.6) is 0 Å². The second-order valence-electron chi connectivity index (χ2n) is 5.72. The Morgan fingerprint density at radius 2 is 2.00 bits per heavy atom. The minimum atomic E-state index is 0.0891. The van der Waals surface area contributed by atoms with E-state index in [4.69, 9.17) is 0 Å². The number of amides is 1. The van der Waals surface area contributed by atoms with E-state index in [0.29, 0.717) is 18.6 Å². The predicted octanol–water partition coefficient (Wildman–Crippen LogP) is 3.20. The van der Waals surface area contributed by atoms with Crippen LogP contribution in [0.1, 0.15) is 38.7 Å². The summed E-state index contributed by atoms with van der Waals surface area (Å²) < 4.78 is 0. The van der Waals surface area contributed by atoms with Crippen molar-refractivity contribution in [3.63, 3.8) is 0 Å². The number of nitrogens with one attached hydrogen (secondary N) is 1. The van der Waals surface area contributed by atoms with Crippen LogP contribution in [0.15, 0.2) is 24.3 Å². The van der Waals surface area contributed by atoms with Crippen molar-refractivity contribution in [2.24, 2.45) is 0 Å². The van der Waals surface area contributed by atoms with Gasteiger partial charge in [0.1, 0.15) is 0 Å². The van der Waals surface area contributed by atoms with Crippen molar-refractivity contribution in [1.29, 1.82) is 0 Å². The maximum Gasteiger partial charge on any atom is 0.238 e. The van der Waals surface area contributed by atoms with E-state index in [1.54, 1.807) is 0 Å². The number of nitrogens with zero attached hydrogens (tertiary/aromatic N) is 1. The standard InChI is InChI=1S/C16H24N2O/c1-12-6-4-9-15(10-12)17-16(19)11-18-13(2)7-5-8-14(18)3/h4,6,9-10,13-14H,5,7-8,11H2,1-3H3,(H,17,19). The molecule has 3 heteroatoms. The average Bonchev–Trinajstić information content (AvgIpc) is 2.34. The molecule has 0 aromatic heterocycles. The summed E-state index contributed by atoms with van der Waals surface area (Å²) in [6.07, 6.45) is 3.67. The van der Waals surface area contributed by atoms with Gasteiger partial charge in [0, 0.05) is 17.8 Å². The van der Waals surface area contributed by atoms with E-state index in [9.17, 15) is 4.79 Å². The monoisotopic (exact) mass is 260 g/mol. The Kier molecular flexibility index (Phi) is 4.59. The van der Waals surface area contributed by atoms with Gasteiger partial charge < -0.3 is 5.32 Å². The maximum absolute atomic E-state index is 12.1. The summed E-state index contributed by atoms with van der Waals surface area (Å²) in [6, 6.07) is 8.95. The molecule has 1 saturated heterocycles. The Hall–Kier alpha value is -1.35. The first kappa shape index (κ1) is 14.1. The van der Waals surface area contributed by atoms with Gasteiger partial charge in [-0.05, 0) is 51.3 Å². The van der Waals surface area contributed by atoms with Gasteiger partial charge in [-0.1, -0.05) is 18.6 Å². The normalized spacial score (nSPS) is 24.2. The number of carbonyl (C=O) groups excluding carboxylic acids is 1. The molecule has 3 nitrogen and oxygen atoms in total. The van der Waals surface area contributed by atoms with Crippen LogP contribution in [0.3, 0.4) is 0 Å². The highest BCUT2D eigenvalue weighted by Crippen LogP contribution is 2.22. The zero-order valence-corrected chi connectivity index (χ0v) is 12.1. The second-order valence-corrected chi connectivity index (χ2v) is 5.72. The molecule has 1 fully saturated rings. The Balaban J connectivity index is 1.93. The van der Waals surface area contributed by atoms with Crippen molar-refractivity contribution in [3.8, 4) is 0 Å². The summed E-state index contributed by atoms with van der Waals surface area (Å²) in [5.41, 5.74) is 2.06. The molecule has 0 aliphatic carbocycles. The SMILES string of the molecule is Cc1cccc(NC(=O)CN2C(C)CCCC2C)c1. The van der Waals surface area contributed by atoms with Crippen LogP contribution in [0.2, 0.25) is 0 Å². The van der Waals surface area contributed by atoms with Crippen molar-refractivity contribution >= 4 is 11.6 Å². The number of anilines is 1. The fourth-order valence-corrected chi connectivity index (χ4v) is 2.88. The fourth-order valence-electron chi connectivity index (χ4n) is 2.88. The van der Waals surface area contributed by atoms with Gasteiger partial charge in [-0.15, -0.1) is 0 Å². The second kappa shape index (κ2) is 6.20. The smallest absolute Gasteiger partial charge is 0.238 e. The number of hydrogen-bond donors (Lipinski definition) is 1. The lowest BCUT2D eigenvalue weighted by atomic mass is 9.97. The molecule has 104 valence electrons. The Morgan fingerprint density at radius 1 is 1.32 bits per heavy atom. The van der Waals surface area contributed by atoms with Gasteiger partial charge in [-0.2, -0.15) is 0 Å².